The molecule has 1 aliphatic rings. The second kappa shape index (κ2) is 9.37. The third kappa shape index (κ3) is 4.75. The van der Waals surface area contributed by atoms with Crippen molar-refractivity contribution in [1.82, 2.24) is 0 Å². The highest BCUT2D eigenvalue weighted by Crippen LogP contribution is 2.46. The number of Topliss-reactive ketones (excluding diaryl/α,β-unsaturated/α-hetero) is 1. The molecule has 0 bridgehead atoms. The van der Waals surface area contributed by atoms with Crippen LogP contribution in [0.25, 0.3) is 5.76 Å². The molecule has 0 aliphatic carbocycles. The predicted molar refractivity (Wildman–Crippen MR) is 137 cm³/mol. The Morgan fingerprint density at radius 1 is 1.05 bits per heavy atom. The summed E-state index contributed by atoms with van der Waals surface area (Å²) < 4.78 is 45.8. The summed E-state index contributed by atoms with van der Waals surface area (Å²) in [7, 11) is 1.53. The molecule has 1 saturated heterocycles. The van der Waals surface area contributed by atoms with Crippen LogP contribution in [0.5, 0.6) is 5.75 Å². The molecule has 1 aliphatic heterocycles. The van der Waals surface area contributed by atoms with Crippen molar-refractivity contribution in [1.29, 1.82) is 0 Å². The van der Waals surface area contributed by atoms with E-state index in [1.807, 2.05) is 20.8 Å². The van der Waals surface area contributed by atoms with E-state index >= 15 is 0 Å². The van der Waals surface area contributed by atoms with E-state index in [0.29, 0.717) is 16.2 Å². The topological polar surface area (TPSA) is 66.8 Å². The Kier molecular flexibility index (Phi) is 6.71. The summed E-state index contributed by atoms with van der Waals surface area (Å²) in [6.45, 7) is 7.69. The molecule has 3 aromatic rings. The van der Waals surface area contributed by atoms with Crippen molar-refractivity contribution in [3.05, 3.63) is 86.6 Å². The van der Waals surface area contributed by atoms with Crippen LogP contribution in [0, 0.1) is 6.92 Å². The standard InChI is InChI=1S/C28H26F3NO4S/c1-15-11-12-37-25(15)22-21(23(33)16-9-10-20(36-5)19(13-16)27(2,3)4)24(34)26(35)32(22)18-8-6-7-17(14-18)28(29,30)31/h6-14,22,33H,1-5H3/b23-21-. The number of methoxy groups -OCH3 is 1. The first kappa shape index (κ1) is 26.5. The van der Waals surface area contributed by atoms with Gasteiger partial charge in [-0.25, -0.2) is 0 Å². The van der Waals surface area contributed by atoms with Crippen LogP contribution >= 0.6 is 11.3 Å². The number of ketones is 1. The van der Waals surface area contributed by atoms with Gasteiger partial charge in [-0.2, -0.15) is 13.2 Å². The van der Waals surface area contributed by atoms with Crippen LogP contribution in [0.3, 0.4) is 0 Å². The second-order valence-corrected chi connectivity index (χ2v) is 10.8. The number of hydrogen-bond acceptors (Lipinski definition) is 5. The van der Waals surface area contributed by atoms with Gasteiger partial charge in [-0.3, -0.25) is 14.5 Å². The SMILES string of the molecule is COc1ccc(/C(O)=C2/C(=O)C(=O)N(c3cccc(C(F)(F)F)c3)C2c2sccc2C)cc1C(C)(C)C. The molecule has 9 heteroatoms. The molecule has 2 heterocycles. The zero-order chi connectivity index (χ0) is 27.3. The van der Waals surface area contributed by atoms with Gasteiger partial charge in [-0.05, 0) is 65.7 Å². The number of nitrogens with zero attached hydrogens (tertiary/aromatic N) is 1. The number of carbonyl (C=O) groups is 2. The Balaban J connectivity index is 1.96. The monoisotopic (exact) mass is 529 g/mol. The maximum absolute atomic E-state index is 13.5. The fourth-order valence-corrected chi connectivity index (χ4v) is 5.47. The minimum Gasteiger partial charge on any atom is -0.507 e. The van der Waals surface area contributed by atoms with Crippen molar-refractivity contribution >= 4 is 34.5 Å². The van der Waals surface area contributed by atoms with E-state index in [1.165, 1.54) is 30.6 Å². The van der Waals surface area contributed by atoms with Gasteiger partial charge in [-0.15, -0.1) is 11.3 Å². The van der Waals surface area contributed by atoms with Crippen molar-refractivity contribution in [3.63, 3.8) is 0 Å². The summed E-state index contributed by atoms with van der Waals surface area (Å²) in [5.74, 6) is -1.79. The molecule has 4 rings (SSSR count). The number of aliphatic hydroxyl groups is 1. The number of halogens is 3. The maximum atomic E-state index is 13.5. The molecule has 0 radical (unpaired) electrons. The van der Waals surface area contributed by atoms with Crippen molar-refractivity contribution < 1.29 is 32.6 Å². The normalized spacial score (nSPS) is 17.9. The number of benzene rings is 2. The Labute approximate surface area is 216 Å². The van der Waals surface area contributed by atoms with Gasteiger partial charge in [-0.1, -0.05) is 26.8 Å². The first-order valence-corrected chi connectivity index (χ1v) is 12.3. The summed E-state index contributed by atoms with van der Waals surface area (Å²) in [5, 5.41) is 13.2. The van der Waals surface area contributed by atoms with Gasteiger partial charge < -0.3 is 9.84 Å². The Bertz CT molecular complexity index is 1420. The van der Waals surface area contributed by atoms with Crippen molar-refractivity contribution in [2.75, 3.05) is 12.0 Å². The molecule has 194 valence electrons. The lowest BCUT2D eigenvalue weighted by Crippen LogP contribution is -2.29. The van der Waals surface area contributed by atoms with Gasteiger partial charge in [0.25, 0.3) is 11.7 Å². The number of carbonyl (C=O) groups excluding carboxylic acids is 2. The number of thiophene rings is 1. The number of aliphatic hydroxyl groups excluding tert-OH is 1. The fraction of sp³-hybridized carbons (Fsp3) is 0.286. The molecule has 1 aromatic heterocycles. The summed E-state index contributed by atoms with van der Waals surface area (Å²) in [6, 6.07) is 9.92. The molecule has 1 atom stereocenters. The van der Waals surface area contributed by atoms with Crippen LogP contribution in [0.4, 0.5) is 18.9 Å². The van der Waals surface area contributed by atoms with Gasteiger partial charge in [0.15, 0.2) is 0 Å². The predicted octanol–water partition coefficient (Wildman–Crippen LogP) is 7.01. The number of hydrogen-bond donors (Lipinski definition) is 1. The number of aryl methyl sites for hydroxylation is 1. The van der Waals surface area contributed by atoms with Crippen LogP contribution in [-0.4, -0.2) is 23.9 Å². The average Bonchev–Trinajstić information content (AvgIpc) is 3.37. The highest BCUT2D eigenvalue weighted by Gasteiger charge is 2.48. The summed E-state index contributed by atoms with van der Waals surface area (Å²) >= 11 is 1.26. The highest BCUT2D eigenvalue weighted by atomic mass is 32.1. The maximum Gasteiger partial charge on any atom is 0.416 e. The van der Waals surface area contributed by atoms with Crippen LogP contribution < -0.4 is 9.64 Å². The molecule has 0 spiro atoms. The molecule has 1 fully saturated rings. The van der Waals surface area contributed by atoms with Gasteiger partial charge in [0, 0.05) is 21.7 Å². The third-order valence-corrected chi connectivity index (χ3v) is 7.40. The first-order chi connectivity index (χ1) is 17.3. The molecule has 1 N–H and O–H groups in total. The molecular weight excluding hydrogens is 503 g/mol. The summed E-state index contributed by atoms with van der Waals surface area (Å²) in [4.78, 5) is 28.3. The average molecular weight is 530 g/mol. The lowest BCUT2D eigenvalue weighted by molar-refractivity contribution is -0.137. The van der Waals surface area contributed by atoms with E-state index < -0.39 is 35.2 Å². The Morgan fingerprint density at radius 2 is 1.76 bits per heavy atom. The van der Waals surface area contributed by atoms with Crippen molar-refractivity contribution in [3.8, 4) is 5.75 Å². The smallest absolute Gasteiger partial charge is 0.416 e. The number of alkyl halides is 3. The van der Waals surface area contributed by atoms with Crippen LogP contribution in [0.2, 0.25) is 0 Å². The van der Waals surface area contributed by atoms with E-state index in [9.17, 15) is 27.9 Å². The van der Waals surface area contributed by atoms with Gasteiger partial charge in [0.05, 0.1) is 18.2 Å². The van der Waals surface area contributed by atoms with Gasteiger partial charge in [0.1, 0.15) is 17.6 Å². The zero-order valence-corrected chi connectivity index (χ0v) is 21.8. The minimum absolute atomic E-state index is 0.0844. The number of anilines is 1. The molecule has 1 amide bonds. The molecule has 1 unspecified atom stereocenters. The molecule has 2 aromatic carbocycles. The quantitative estimate of drug-likeness (QED) is 0.224. The minimum atomic E-state index is -4.63. The number of amides is 1. The fourth-order valence-electron chi connectivity index (χ4n) is 4.44. The summed E-state index contributed by atoms with van der Waals surface area (Å²) in [6.07, 6.45) is -4.63. The molecule has 37 heavy (non-hydrogen) atoms. The first-order valence-electron chi connectivity index (χ1n) is 11.5. The Morgan fingerprint density at radius 3 is 2.32 bits per heavy atom. The van der Waals surface area contributed by atoms with Crippen LogP contribution in [-0.2, 0) is 21.2 Å². The largest absolute Gasteiger partial charge is 0.507 e. The Hall–Kier alpha value is -3.59. The second-order valence-electron chi connectivity index (χ2n) is 9.85. The van der Waals surface area contributed by atoms with Gasteiger partial charge >= 0.3 is 6.18 Å². The van der Waals surface area contributed by atoms with E-state index in [0.717, 1.165) is 28.2 Å². The lowest BCUT2D eigenvalue weighted by Gasteiger charge is -2.26. The van der Waals surface area contributed by atoms with Crippen molar-refractivity contribution in [2.45, 2.75) is 45.3 Å². The van der Waals surface area contributed by atoms with E-state index in [1.54, 1.807) is 36.6 Å². The third-order valence-electron chi connectivity index (χ3n) is 6.33. The molecule has 0 saturated carbocycles. The van der Waals surface area contributed by atoms with E-state index in [4.69, 9.17) is 4.74 Å². The zero-order valence-electron chi connectivity index (χ0n) is 20.9. The summed E-state index contributed by atoms with van der Waals surface area (Å²) in [5.41, 5.74) is 0.234. The molecule has 5 nitrogen and oxygen atoms in total. The number of rotatable bonds is 4. The van der Waals surface area contributed by atoms with E-state index in [2.05, 4.69) is 0 Å². The highest BCUT2D eigenvalue weighted by molar-refractivity contribution is 7.10. The van der Waals surface area contributed by atoms with E-state index in [-0.39, 0.29) is 16.7 Å². The van der Waals surface area contributed by atoms with Crippen LogP contribution in [0.1, 0.15) is 53.9 Å². The molecular formula is C28H26F3NO4S. The number of ether oxygens (including phenoxy) is 1. The van der Waals surface area contributed by atoms with Crippen LogP contribution in [0.15, 0.2) is 59.5 Å². The van der Waals surface area contributed by atoms with Gasteiger partial charge in [0.2, 0.25) is 0 Å². The lowest BCUT2D eigenvalue weighted by atomic mass is 9.84. The van der Waals surface area contributed by atoms with Crippen molar-refractivity contribution in [2.24, 2.45) is 0 Å².